The van der Waals surface area contributed by atoms with Crippen LogP contribution in [-0.2, 0) is 4.74 Å². The van der Waals surface area contributed by atoms with Gasteiger partial charge in [-0.05, 0) is 19.0 Å². The Morgan fingerprint density at radius 1 is 1.39 bits per heavy atom. The van der Waals surface area contributed by atoms with Gasteiger partial charge in [-0.15, -0.1) is 0 Å². The van der Waals surface area contributed by atoms with E-state index in [1.807, 2.05) is 0 Å². The van der Waals surface area contributed by atoms with Crippen LogP contribution in [0.15, 0.2) is 30.3 Å². The molecule has 1 heterocycles. The van der Waals surface area contributed by atoms with Crippen LogP contribution in [0.3, 0.4) is 0 Å². The summed E-state index contributed by atoms with van der Waals surface area (Å²) >= 11 is 0. The van der Waals surface area contributed by atoms with Crippen molar-refractivity contribution in [2.24, 2.45) is 0 Å². The van der Waals surface area contributed by atoms with Gasteiger partial charge in [-0.1, -0.05) is 37.3 Å². The fraction of sp³-hybridized carbons (Fsp3) is 0.600. The second kappa shape index (κ2) is 6.88. The lowest BCUT2D eigenvalue weighted by Gasteiger charge is -2.32. The van der Waals surface area contributed by atoms with Gasteiger partial charge in [-0.3, -0.25) is 4.90 Å². The lowest BCUT2D eigenvalue weighted by Crippen LogP contribution is -2.46. The Morgan fingerprint density at radius 2 is 2.17 bits per heavy atom. The summed E-state index contributed by atoms with van der Waals surface area (Å²) in [6.07, 6.45) is 0.324. The van der Waals surface area contributed by atoms with Gasteiger partial charge in [0.1, 0.15) is 0 Å². The predicted octanol–water partition coefficient (Wildman–Crippen LogP) is 2.06. The fourth-order valence-electron chi connectivity index (χ4n) is 2.36. The summed E-state index contributed by atoms with van der Waals surface area (Å²) in [7, 11) is 0. The van der Waals surface area contributed by atoms with E-state index in [1.165, 1.54) is 5.56 Å². The number of morpholine rings is 1. The molecule has 1 fully saturated rings. The van der Waals surface area contributed by atoms with Gasteiger partial charge in [0.15, 0.2) is 0 Å². The van der Waals surface area contributed by atoms with Gasteiger partial charge in [-0.25, -0.2) is 0 Å². The van der Waals surface area contributed by atoms with Crippen LogP contribution >= 0.6 is 0 Å². The largest absolute Gasteiger partial charge is 0.374 e. The van der Waals surface area contributed by atoms with Crippen molar-refractivity contribution < 1.29 is 4.74 Å². The molecule has 3 heteroatoms. The average Bonchev–Trinajstić information content (AvgIpc) is 2.46. The van der Waals surface area contributed by atoms with Crippen LogP contribution in [0, 0.1) is 0 Å². The van der Waals surface area contributed by atoms with Gasteiger partial charge in [0, 0.05) is 25.7 Å². The molecule has 0 radical (unpaired) electrons. The number of nitrogens with one attached hydrogen (secondary N) is 1. The van der Waals surface area contributed by atoms with Gasteiger partial charge < -0.3 is 10.1 Å². The first-order valence-corrected chi connectivity index (χ1v) is 6.92. The van der Waals surface area contributed by atoms with E-state index in [-0.39, 0.29) is 0 Å². The number of hydrogen-bond acceptors (Lipinski definition) is 3. The highest BCUT2D eigenvalue weighted by Crippen LogP contribution is 2.12. The van der Waals surface area contributed by atoms with E-state index >= 15 is 0 Å². The number of nitrogens with zero attached hydrogens (tertiary/aromatic N) is 1. The molecule has 2 rings (SSSR count). The van der Waals surface area contributed by atoms with Crippen LogP contribution in [0.2, 0.25) is 0 Å². The van der Waals surface area contributed by atoms with Crippen LogP contribution in [-0.4, -0.2) is 43.8 Å². The molecule has 0 spiro atoms. The first-order valence-electron chi connectivity index (χ1n) is 6.92. The van der Waals surface area contributed by atoms with Crippen LogP contribution in [0.1, 0.15) is 25.5 Å². The van der Waals surface area contributed by atoms with Crippen molar-refractivity contribution in [2.45, 2.75) is 26.0 Å². The highest BCUT2D eigenvalue weighted by Gasteiger charge is 2.19. The quantitative estimate of drug-likeness (QED) is 0.863. The first-order chi connectivity index (χ1) is 8.79. The minimum atomic E-state index is 0.324. The van der Waals surface area contributed by atoms with Crippen molar-refractivity contribution >= 4 is 0 Å². The van der Waals surface area contributed by atoms with Crippen LogP contribution in [0.4, 0.5) is 0 Å². The second-order valence-corrected chi connectivity index (χ2v) is 4.93. The van der Waals surface area contributed by atoms with Gasteiger partial charge in [0.25, 0.3) is 0 Å². The fourth-order valence-corrected chi connectivity index (χ4v) is 2.36. The summed E-state index contributed by atoms with van der Waals surface area (Å²) in [6, 6.07) is 10.9. The maximum absolute atomic E-state index is 5.79. The zero-order valence-electron chi connectivity index (χ0n) is 11.4. The minimum absolute atomic E-state index is 0.324. The molecular weight excluding hydrogens is 224 g/mol. The summed E-state index contributed by atoms with van der Waals surface area (Å²) in [5.41, 5.74) is 1.33. The lowest BCUT2D eigenvalue weighted by atomic mass is 10.1. The van der Waals surface area contributed by atoms with E-state index in [9.17, 15) is 0 Å². The molecule has 2 atom stereocenters. The Morgan fingerprint density at radius 3 is 2.89 bits per heavy atom. The lowest BCUT2D eigenvalue weighted by molar-refractivity contribution is -0.0261. The third kappa shape index (κ3) is 3.80. The molecule has 1 N–H and O–H groups in total. The maximum Gasteiger partial charge on any atom is 0.0826 e. The average molecular weight is 248 g/mol. The van der Waals surface area contributed by atoms with Gasteiger partial charge in [-0.2, -0.15) is 0 Å². The highest BCUT2D eigenvalue weighted by atomic mass is 16.5. The zero-order valence-corrected chi connectivity index (χ0v) is 11.4. The summed E-state index contributed by atoms with van der Waals surface area (Å²) in [6.45, 7) is 9.44. The Hall–Kier alpha value is -0.900. The van der Waals surface area contributed by atoms with Crippen molar-refractivity contribution in [1.82, 2.24) is 10.2 Å². The molecule has 1 saturated heterocycles. The van der Waals surface area contributed by atoms with E-state index in [1.54, 1.807) is 0 Å². The van der Waals surface area contributed by atoms with E-state index in [0.29, 0.717) is 12.1 Å². The Labute approximate surface area is 110 Å². The van der Waals surface area contributed by atoms with Crippen molar-refractivity contribution in [3.63, 3.8) is 0 Å². The summed E-state index contributed by atoms with van der Waals surface area (Å²) in [5, 5.41) is 3.56. The van der Waals surface area contributed by atoms with Crippen molar-refractivity contribution in [2.75, 3.05) is 32.8 Å². The summed E-state index contributed by atoms with van der Waals surface area (Å²) in [5.74, 6) is 0. The molecule has 1 aliphatic rings. The smallest absolute Gasteiger partial charge is 0.0826 e. The molecular formula is C15H24N2O. The number of ether oxygens (including phenoxy) is 1. The van der Waals surface area contributed by atoms with Crippen LogP contribution in [0.25, 0.3) is 0 Å². The molecule has 0 aromatic heterocycles. The van der Waals surface area contributed by atoms with E-state index in [4.69, 9.17) is 4.74 Å². The maximum atomic E-state index is 5.79. The van der Waals surface area contributed by atoms with Crippen molar-refractivity contribution in [3.8, 4) is 0 Å². The third-order valence-electron chi connectivity index (χ3n) is 3.62. The number of hydrogen-bond donors (Lipinski definition) is 1. The van der Waals surface area contributed by atoms with E-state index in [2.05, 4.69) is 54.4 Å². The topological polar surface area (TPSA) is 24.5 Å². The molecule has 3 nitrogen and oxygen atoms in total. The van der Waals surface area contributed by atoms with Crippen molar-refractivity contribution in [1.29, 1.82) is 0 Å². The molecule has 18 heavy (non-hydrogen) atoms. The van der Waals surface area contributed by atoms with Crippen molar-refractivity contribution in [3.05, 3.63) is 35.9 Å². The molecule has 1 aromatic rings. The predicted molar refractivity (Wildman–Crippen MR) is 74.7 cm³/mol. The van der Waals surface area contributed by atoms with Crippen LogP contribution < -0.4 is 5.32 Å². The molecule has 1 unspecified atom stereocenters. The zero-order chi connectivity index (χ0) is 12.8. The Balaban J connectivity index is 1.77. The summed E-state index contributed by atoms with van der Waals surface area (Å²) < 4.78 is 5.79. The van der Waals surface area contributed by atoms with Gasteiger partial charge >= 0.3 is 0 Å². The Bertz CT molecular complexity index is 342. The number of likely N-dealkylation sites (N-methyl/N-ethyl adjacent to an activating group) is 1. The second-order valence-electron chi connectivity index (χ2n) is 4.93. The van der Waals surface area contributed by atoms with E-state index in [0.717, 1.165) is 32.8 Å². The molecule has 0 amide bonds. The number of rotatable bonds is 5. The van der Waals surface area contributed by atoms with Gasteiger partial charge in [0.05, 0.1) is 12.7 Å². The first kappa shape index (κ1) is 13.5. The van der Waals surface area contributed by atoms with Crippen LogP contribution in [0.5, 0.6) is 0 Å². The molecule has 1 aromatic carbocycles. The SMILES string of the molecule is CCN1CCOC(CN[C@H](C)c2ccccc2)C1. The van der Waals surface area contributed by atoms with E-state index < -0.39 is 0 Å². The van der Waals surface area contributed by atoms with Gasteiger partial charge in [0.2, 0.25) is 0 Å². The minimum Gasteiger partial charge on any atom is -0.374 e. The number of benzene rings is 1. The summed E-state index contributed by atoms with van der Waals surface area (Å²) in [4.78, 5) is 2.45. The highest BCUT2D eigenvalue weighted by molar-refractivity contribution is 5.17. The standard InChI is InChI=1S/C15H24N2O/c1-3-17-9-10-18-15(12-17)11-16-13(2)14-7-5-4-6-8-14/h4-8,13,15-16H,3,9-12H2,1-2H3/t13-,15?/m1/s1. The molecule has 1 aliphatic heterocycles. The normalized spacial score (nSPS) is 22.9. The monoisotopic (exact) mass is 248 g/mol. The molecule has 0 aliphatic carbocycles. The third-order valence-corrected chi connectivity index (χ3v) is 3.62. The Kier molecular flexibility index (Phi) is 5.17. The molecule has 0 saturated carbocycles. The molecule has 100 valence electrons. The molecule has 0 bridgehead atoms.